The summed E-state index contributed by atoms with van der Waals surface area (Å²) in [6, 6.07) is 12.4. The number of hydrogen-bond acceptors (Lipinski definition) is 5. The van der Waals surface area contributed by atoms with Crippen molar-refractivity contribution in [3.8, 4) is 5.75 Å². The number of nitrogens with zero attached hydrogens (tertiary/aromatic N) is 1. The standard InChI is InChI=1S/C17H18N2O3S/c1-11(13-6-9-16(23-3)15(10-13)22-2)18-19-14-7-4-12(5-8-14)17(20)21/h4-10,19H,1-3H3,(H,20,21). The summed E-state index contributed by atoms with van der Waals surface area (Å²) in [6.45, 7) is 1.89. The predicted octanol–water partition coefficient (Wildman–Crippen LogP) is 3.95. The number of hydrogen-bond donors (Lipinski definition) is 2. The van der Waals surface area contributed by atoms with Crippen LogP contribution in [0.5, 0.6) is 5.75 Å². The second-order valence-electron chi connectivity index (χ2n) is 4.76. The van der Waals surface area contributed by atoms with E-state index >= 15 is 0 Å². The van der Waals surface area contributed by atoms with Crippen LogP contribution in [0.25, 0.3) is 0 Å². The fourth-order valence-corrected chi connectivity index (χ4v) is 2.51. The van der Waals surface area contributed by atoms with E-state index in [9.17, 15) is 4.79 Å². The SMILES string of the molecule is COc1cc(C(C)=NNc2ccc(C(=O)O)cc2)ccc1SC. The van der Waals surface area contributed by atoms with Crippen LogP contribution in [0, 0.1) is 0 Å². The van der Waals surface area contributed by atoms with Gasteiger partial charge < -0.3 is 9.84 Å². The molecule has 2 aromatic rings. The summed E-state index contributed by atoms with van der Waals surface area (Å²) in [4.78, 5) is 11.9. The molecule has 2 aromatic carbocycles. The van der Waals surface area contributed by atoms with E-state index in [1.807, 2.05) is 31.4 Å². The Morgan fingerprint density at radius 2 is 1.83 bits per heavy atom. The molecule has 0 heterocycles. The van der Waals surface area contributed by atoms with E-state index in [4.69, 9.17) is 9.84 Å². The zero-order valence-electron chi connectivity index (χ0n) is 13.2. The first-order chi connectivity index (χ1) is 11.0. The summed E-state index contributed by atoms with van der Waals surface area (Å²) in [5.41, 5.74) is 5.65. The van der Waals surface area contributed by atoms with Crippen LogP contribution < -0.4 is 10.2 Å². The predicted molar refractivity (Wildman–Crippen MR) is 94.0 cm³/mol. The van der Waals surface area contributed by atoms with E-state index in [2.05, 4.69) is 10.5 Å². The minimum Gasteiger partial charge on any atom is -0.496 e. The summed E-state index contributed by atoms with van der Waals surface area (Å²) >= 11 is 1.63. The Kier molecular flexibility index (Phi) is 5.65. The minimum atomic E-state index is -0.947. The molecule has 0 atom stereocenters. The van der Waals surface area contributed by atoms with Crippen molar-refractivity contribution in [1.29, 1.82) is 0 Å². The van der Waals surface area contributed by atoms with E-state index in [0.717, 1.165) is 27.6 Å². The largest absolute Gasteiger partial charge is 0.496 e. The lowest BCUT2D eigenvalue weighted by Crippen LogP contribution is -2.01. The van der Waals surface area contributed by atoms with Crippen molar-refractivity contribution in [2.24, 2.45) is 5.10 Å². The highest BCUT2D eigenvalue weighted by Gasteiger charge is 2.06. The molecule has 0 spiro atoms. The average molecular weight is 330 g/mol. The summed E-state index contributed by atoms with van der Waals surface area (Å²) in [6.07, 6.45) is 2.00. The highest BCUT2D eigenvalue weighted by Crippen LogP contribution is 2.28. The van der Waals surface area contributed by atoms with E-state index in [1.165, 1.54) is 12.1 Å². The molecule has 120 valence electrons. The molecular formula is C17H18N2O3S. The van der Waals surface area contributed by atoms with Crippen molar-refractivity contribution in [2.75, 3.05) is 18.8 Å². The first kappa shape index (κ1) is 16.9. The molecule has 0 aliphatic carbocycles. The highest BCUT2D eigenvalue weighted by molar-refractivity contribution is 7.98. The van der Waals surface area contributed by atoms with E-state index in [1.54, 1.807) is 31.0 Å². The van der Waals surface area contributed by atoms with Gasteiger partial charge in [-0.2, -0.15) is 5.10 Å². The maximum absolute atomic E-state index is 10.8. The van der Waals surface area contributed by atoms with Gasteiger partial charge in [0.15, 0.2) is 0 Å². The molecule has 2 N–H and O–H groups in total. The van der Waals surface area contributed by atoms with Crippen molar-refractivity contribution in [3.63, 3.8) is 0 Å². The first-order valence-corrected chi connectivity index (χ1v) is 8.13. The molecule has 0 unspecified atom stereocenters. The van der Waals surface area contributed by atoms with Gasteiger partial charge in [-0.1, -0.05) is 6.07 Å². The number of carbonyl (C=O) groups is 1. The Morgan fingerprint density at radius 1 is 1.17 bits per heavy atom. The third-order valence-corrected chi connectivity index (χ3v) is 4.06. The molecule has 6 heteroatoms. The number of anilines is 1. The number of benzene rings is 2. The number of methoxy groups -OCH3 is 1. The van der Waals surface area contributed by atoms with E-state index < -0.39 is 5.97 Å². The molecule has 0 aliphatic heterocycles. The van der Waals surface area contributed by atoms with Gasteiger partial charge in [-0.15, -0.1) is 11.8 Å². The number of carboxylic acid groups (broad SMARTS) is 1. The van der Waals surface area contributed by atoms with Gasteiger partial charge in [0.1, 0.15) is 5.75 Å². The number of ether oxygens (including phenoxy) is 1. The number of carboxylic acids is 1. The normalized spacial score (nSPS) is 11.2. The van der Waals surface area contributed by atoms with Crippen LogP contribution in [0.3, 0.4) is 0 Å². The monoisotopic (exact) mass is 330 g/mol. The summed E-state index contributed by atoms with van der Waals surface area (Å²) in [5.74, 6) is -0.132. The van der Waals surface area contributed by atoms with Gasteiger partial charge in [0.2, 0.25) is 0 Å². The molecule has 0 saturated heterocycles. The molecule has 0 aliphatic rings. The lowest BCUT2D eigenvalue weighted by atomic mass is 10.1. The van der Waals surface area contributed by atoms with Gasteiger partial charge in [-0.3, -0.25) is 5.43 Å². The Balaban J connectivity index is 2.14. The van der Waals surface area contributed by atoms with Crippen LogP contribution in [0.4, 0.5) is 5.69 Å². The summed E-state index contributed by atoms with van der Waals surface area (Å²) in [7, 11) is 1.65. The Labute approximate surface area is 139 Å². The third-order valence-electron chi connectivity index (χ3n) is 3.29. The number of nitrogens with one attached hydrogen (secondary N) is 1. The fourth-order valence-electron chi connectivity index (χ4n) is 1.96. The van der Waals surface area contributed by atoms with Crippen molar-refractivity contribution in [2.45, 2.75) is 11.8 Å². The first-order valence-electron chi connectivity index (χ1n) is 6.91. The van der Waals surface area contributed by atoms with Crippen LogP contribution in [0.2, 0.25) is 0 Å². The van der Waals surface area contributed by atoms with E-state index in [0.29, 0.717) is 0 Å². The molecule has 5 nitrogen and oxygen atoms in total. The van der Waals surface area contributed by atoms with Crippen LogP contribution in [-0.4, -0.2) is 30.2 Å². The second kappa shape index (κ2) is 7.69. The zero-order valence-corrected chi connectivity index (χ0v) is 14.0. The molecular weight excluding hydrogens is 312 g/mol. The maximum atomic E-state index is 10.8. The molecule has 0 fully saturated rings. The van der Waals surface area contributed by atoms with Gasteiger partial charge in [-0.25, -0.2) is 4.79 Å². The molecule has 0 radical (unpaired) electrons. The molecule has 0 amide bonds. The lowest BCUT2D eigenvalue weighted by molar-refractivity contribution is 0.0697. The Hall–Kier alpha value is -2.47. The number of aromatic carboxylic acids is 1. The summed E-state index contributed by atoms with van der Waals surface area (Å²) in [5, 5.41) is 13.2. The lowest BCUT2D eigenvalue weighted by Gasteiger charge is -2.09. The number of hydrazone groups is 1. The molecule has 0 bridgehead atoms. The number of thioether (sulfide) groups is 1. The molecule has 2 rings (SSSR count). The van der Waals surface area contributed by atoms with Crippen LogP contribution in [-0.2, 0) is 0 Å². The third kappa shape index (κ3) is 4.26. The van der Waals surface area contributed by atoms with Gasteiger partial charge in [0.25, 0.3) is 0 Å². The van der Waals surface area contributed by atoms with E-state index in [-0.39, 0.29) is 5.56 Å². The Morgan fingerprint density at radius 3 is 2.39 bits per heavy atom. The van der Waals surface area contributed by atoms with Crippen molar-refractivity contribution < 1.29 is 14.6 Å². The van der Waals surface area contributed by atoms with Gasteiger partial charge in [-0.05, 0) is 49.6 Å². The molecule has 0 saturated carbocycles. The number of rotatable bonds is 6. The maximum Gasteiger partial charge on any atom is 0.335 e. The topological polar surface area (TPSA) is 70.9 Å². The van der Waals surface area contributed by atoms with Crippen molar-refractivity contribution in [1.82, 2.24) is 0 Å². The second-order valence-corrected chi connectivity index (χ2v) is 5.61. The van der Waals surface area contributed by atoms with Gasteiger partial charge >= 0.3 is 5.97 Å². The zero-order chi connectivity index (χ0) is 16.8. The van der Waals surface area contributed by atoms with Gasteiger partial charge in [0, 0.05) is 10.5 Å². The smallest absolute Gasteiger partial charge is 0.335 e. The Bertz CT molecular complexity index is 727. The molecule has 0 aromatic heterocycles. The average Bonchev–Trinajstić information content (AvgIpc) is 2.59. The minimum absolute atomic E-state index is 0.244. The van der Waals surface area contributed by atoms with Gasteiger partial charge in [0.05, 0.1) is 24.1 Å². The molecule has 23 heavy (non-hydrogen) atoms. The van der Waals surface area contributed by atoms with Crippen LogP contribution >= 0.6 is 11.8 Å². The summed E-state index contributed by atoms with van der Waals surface area (Å²) < 4.78 is 5.37. The quantitative estimate of drug-likeness (QED) is 0.477. The fraction of sp³-hybridized carbons (Fsp3) is 0.176. The highest BCUT2D eigenvalue weighted by atomic mass is 32.2. The van der Waals surface area contributed by atoms with Crippen molar-refractivity contribution in [3.05, 3.63) is 53.6 Å². The van der Waals surface area contributed by atoms with Crippen LogP contribution in [0.15, 0.2) is 52.5 Å². The van der Waals surface area contributed by atoms with Crippen molar-refractivity contribution >= 4 is 29.1 Å². The van der Waals surface area contributed by atoms with Crippen LogP contribution in [0.1, 0.15) is 22.8 Å².